The molecule has 0 bridgehead atoms. The van der Waals surface area contributed by atoms with E-state index in [4.69, 9.17) is 4.74 Å². The summed E-state index contributed by atoms with van der Waals surface area (Å²) >= 11 is 0. The first kappa shape index (κ1) is 12.4. The van der Waals surface area contributed by atoms with Crippen LogP contribution in [0.1, 0.15) is 65.7 Å². The summed E-state index contributed by atoms with van der Waals surface area (Å²) in [5.41, 5.74) is 0.740. The smallest absolute Gasteiger partial charge is 0.0712 e. The molecule has 2 fully saturated rings. The summed E-state index contributed by atoms with van der Waals surface area (Å²) in [6.45, 7) is 7.32. The fourth-order valence-corrected chi connectivity index (χ4v) is 4.42. The number of ether oxygens (including phenoxy) is 1. The molecule has 2 aliphatic rings. The van der Waals surface area contributed by atoms with Gasteiger partial charge in [-0.15, -0.1) is 0 Å². The highest BCUT2D eigenvalue weighted by Crippen LogP contribution is 2.57. The van der Waals surface area contributed by atoms with Crippen molar-refractivity contribution in [3.8, 4) is 0 Å². The van der Waals surface area contributed by atoms with Crippen molar-refractivity contribution < 1.29 is 4.74 Å². The predicted molar refractivity (Wildman–Crippen MR) is 68.5 cm³/mol. The van der Waals surface area contributed by atoms with E-state index >= 15 is 0 Å². The Morgan fingerprint density at radius 2 is 1.75 bits per heavy atom. The molecular weight excluding hydrogens is 196 g/mol. The van der Waals surface area contributed by atoms with Crippen LogP contribution < -0.4 is 0 Å². The first-order valence-corrected chi connectivity index (χ1v) is 7.10. The van der Waals surface area contributed by atoms with E-state index in [1.165, 1.54) is 44.9 Å². The Hall–Kier alpha value is -0.0400. The van der Waals surface area contributed by atoms with Gasteiger partial charge in [-0.2, -0.15) is 0 Å². The molecule has 0 aromatic rings. The van der Waals surface area contributed by atoms with E-state index in [0.717, 1.165) is 11.8 Å². The van der Waals surface area contributed by atoms with Gasteiger partial charge in [0.2, 0.25) is 0 Å². The minimum atomic E-state index is 0.232. The SMILES string of the molecule is COC12CCCCC1C(C)(C(C)C)CCC2. The summed E-state index contributed by atoms with van der Waals surface area (Å²) in [4.78, 5) is 0. The van der Waals surface area contributed by atoms with Crippen LogP contribution in [-0.4, -0.2) is 12.7 Å². The maximum absolute atomic E-state index is 6.03. The van der Waals surface area contributed by atoms with Gasteiger partial charge in [-0.3, -0.25) is 0 Å². The standard InChI is InChI=1S/C15H28O/c1-12(2)14(3)9-7-11-15(16-4)10-6-5-8-13(14)15/h12-13H,5-11H2,1-4H3. The third kappa shape index (κ3) is 1.72. The first-order chi connectivity index (χ1) is 7.55. The molecule has 0 aromatic heterocycles. The highest BCUT2D eigenvalue weighted by molar-refractivity contribution is 5.03. The third-order valence-corrected chi connectivity index (χ3v) is 5.81. The quantitative estimate of drug-likeness (QED) is 0.675. The van der Waals surface area contributed by atoms with Gasteiger partial charge in [0.25, 0.3) is 0 Å². The van der Waals surface area contributed by atoms with Crippen LogP contribution in [-0.2, 0) is 4.74 Å². The lowest BCUT2D eigenvalue weighted by atomic mass is 9.52. The second kappa shape index (κ2) is 4.33. The van der Waals surface area contributed by atoms with Gasteiger partial charge in [-0.1, -0.05) is 40.0 Å². The zero-order valence-corrected chi connectivity index (χ0v) is 11.5. The summed E-state index contributed by atoms with van der Waals surface area (Å²) in [6.07, 6.45) is 9.55. The van der Waals surface area contributed by atoms with E-state index in [0.29, 0.717) is 5.41 Å². The van der Waals surface area contributed by atoms with Crippen molar-refractivity contribution in [3.05, 3.63) is 0 Å². The zero-order valence-electron chi connectivity index (χ0n) is 11.5. The minimum Gasteiger partial charge on any atom is -0.378 e. The normalized spacial score (nSPS) is 44.4. The molecule has 0 aliphatic heterocycles. The topological polar surface area (TPSA) is 9.23 Å². The van der Waals surface area contributed by atoms with Gasteiger partial charge in [-0.05, 0) is 42.9 Å². The first-order valence-electron chi connectivity index (χ1n) is 7.10. The van der Waals surface area contributed by atoms with E-state index in [2.05, 4.69) is 20.8 Å². The van der Waals surface area contributed by atoms with E-state index in [1.54, 1.807) is 0 Å². The van der Waals surface area contributed by atoms with Crippen LogP contribution in [0.5, 0.6) is 0 Å². The van der Waals surface area contributed by atoms with Crippen molar-refractivity contribution in [1.29, 1.82) is 0 Å². The van der Waals surface area contributed by atoms with E-state index in [9.17, 15) is 0 Å². The Labute approximate surface area is 101 Å². The van der Waals surface area contributed by atoms with E-state index in [1.807, 2.05) is 7.11 Å². The minimum absolute atomic E-state index is 0.232. The molecule has 2 saturated carbocycles. The maximum atomic E-state index is 6.03. The molecule has 94 valence electrons. The molecule has 1 heteroatoms. The molecule has 0 spiro atoms. The Kier molecular flexibility index (Phi) is 3.36. The fourth-order valence-electron chi connectivity index (χ4n) is 4.42. The Morgan fingerprint density at radius 1 is 1.06 bits per heavy atom. The van der Waals surface area contributed by atoms with E-state index in [-0.39, 0.29) is 5.60 Å². The lowest BCUT2D eigenvalue weighted by Gasteiger charge is -2.57. The molecule has 3 atom stereocenters. The van der Waals surface area contributed by atoms with Gasteiger partial charge in [-0.25, -0.2) is 0 Å². The number of hydrogen-bond donors (Lipinski definition) is 0. The average Bonchev–Trinajstić information content (AvgIpc) is 2.29. The van der Waals surface area contributed by atoms with Crippen molar-refractivity contribution in [3.63, 3.8) is 0 Å². The number of fused-ring (bicyclic) bond motifs is 1. The largest absolute Gasteiger partial charge is 0.378 e. The molecule has 0 N–H and O–H groups in total. The molecule has 2 rings (SSSR count). The maximum Gasteiger partial charge on any atom is 0.0712 e. The Balaban J connectivity index is 2.30. The summed E-state index contributed by atoms with van der Waals surface area (Å²) in [7, 11) is 1.95. The van der Waals surface area contributed by atoms with Crippen LogP contribution in [0.3, 0.4) is 0 Å². The summed E-state index contributed by atoms with van der Waals surface area (Å²) < 4.78 is 6.03. The lowest BCUT2D eigenvalue weighted by molar-refractivity contribution is -0.164. The van der Waals surface area contributed by atoms with Gasteiger partial charge < -0.3 is 4.74 Å². The van der Waals surface area contributed by atoms with Crippen LogP contribution >= 0.6 is 0 Å². The molecular formula is C15H28O. The van der Waals surface area contributed by atoms with E-state index < -0.39 is 0 Å². The van der Waals surface area contributed by atoms with Crippen LogP contribution in [0.25, 0.3) is 0 Å². The van der Waals surface area contributed by atoms with Crippen LogP contribution in [0.4, 0.5) is 0 Å². The molecule has 1 nitrogen and oxygen atoms in total. The van der Waals surface area contributed by atoms with Crippen LogP contribution in [0.2, 0.25) is 0 Å². The summed E-state index contributed by atoms with van der Waals surface area (Å²) in [5, 5.41) is 0. The van der Waals surface area contributed by atoms with Gasteiger partial charge in [0, 0.05) is 7.11 Å². The van der Waals surface area contributed by atoms with Gasteiger partial charge in [0.05, 0.1) is 5.60 Å². The molecule has 0 radical (unpaired) electrons. The average molecular weight is 224 g/mol. The van der Waals surface area contributed by atoms with Crippen LogP contribution in [0.15, 0.2) is 0 Å². The number of rotatable bonds is 2. The van der Waals surface area contributed by atoms with Crippen molar-refractivity contribution in [2.24, 2.45) is 17.3 Å². The fraction of sp³-hybridized carbons (Fsp3) is 1.00. The Morgan fingerprint density at radius 3 is 2.38 bits per heavy atom. The molecule has 0 saturated heterocycles. The van der Waals surface area contributed by atoms with Gasteiger partial charge in [0.1, 0.15) is 0 Å². The van der Waals surface area contributed by atoms with Gasteiger partial charge in [0.15, 0.2) is 0 Å². The summed E-state index contributed by atoms with van der Waals surface area (Å²) in [6, 6.07) is 0. The zero-order chi connectivity index (χ0) is 11.8. The molecule has 2 aliphatic carbocycles. The van der Waals surface area contributed by atoms with Crippen LogP contribution in [0, 0.1) is 17.3 Å². The number of hydrogen-bond acceptors (Lipinski definition) is 1. The molecule has 16 heavy (non-hydrogen) atoms. The predicted octanol–water partition coefficient (Wildman–Crippen LogP) is 4.41. The third-order valence-electron chi connectivity index (χ3n) is 5.81. The van der Waals surface area contributed by atoms with Crippen molar-refractivity contribution in [1.82, 2.24) is 0 Å². The van der Waals surface area contributed by atoms with Crippen molar-refractivity contribution in [2.75, 3.05) is 7.11 Å². The lowest BCUT2D eigenvalue weighted by Crippen LogP contribution is -2.54. The molecule has 0 heterocycles. The highest BCUT2D eigenvalue weighted by Gasteiger charge is 2.53. The number of methoxy groups -OCH3 is 1. The molecule has 0 aromatic carbocycles. The van der Waals surface area contributed by atoms with Crippen molar-refractivity contribution >= 4 is 0 Å². The summed E-state index contributed by atoms with van der Waals surface area (Å²) in [5.74, 6) is 1.58. The molecule has 3 unspecified atom stereocenters. The second-order valence-electron chi connectivity index (χ2n) is 6.58. The van der Waals surface area contributed by atoms with Crippen molar-refractivity contribution in [2.45, 2.75) is 71.3 Å². The second-order valence-corrected chi connectivity index (χ2v) is 6.58. The molecule has 0 amide bonds. The monoisotopic (exact) mass is 224 g/mol. The Bertz CT molecular complexity index is 237. The van der Waals surface area contributed by atoms with Gasteiger partial charge >= 0.3 is 0 Å². The highest BCUT2D eigenvalue weighted by atomic mass is 16.5.